The van der Waals surface area contributed by atoms with Crippen LogP contribution in [0.5, 0.6) is 5.75 Å². The molecule has 1 atom stereocenters. The van der Waals surface area contributed by atoms with Gasteiger partial charge in [-0.2, -0.15) is 0 Å². The van der Waals surface area contributed by atoms with E-state index in [-0.39, 0.29) is 11.9 Å². The van der Waals surface area contributed by atoms with E-state index < -0.39 is 0 Å². The first kappa shape index (κ1) is 15.9. The summed E-state index contributed by atoms with van der Waals surface area (Å²) in [6.07, 6.45) is 7.41. The number of oxime groups is 1. The predicted octanol–water partition coefficient (Wildman–Crippen LogP) is 1.68. The summed E-state index contributed by atoms with van der Waals surface area (Å²) in [4.78, 5) is 0. The smallest absolute Gasteiger partial charge is 0.170 e. The number of hydrogen-bond donors (Lipinski definition) is 3. The summed E-state index contributed by atoms with van der Waals surface area (Å²) < 4.78 is 5.30. The molecule has 5 heteroatoms. The third-order valence-corrected chi connectivity index (χ3v) is 3.00. The van der Waals surface area contributed by atoms with Gasteiger partial charge < -0.3 is 15.7 Å². The molecule has 0 heterocycles. The van der Waals surface area contributed by atoms with Crippen LogP contribution >= 0.6 is 0 Å². The lowest BCUT2D eigenvalue weighted by molar-refractivity contribution is 0.318. The number of nitrogens with zero attached hydrogens (tertiary/aromatic N) is 1. The summed E-state index contributed by atoms with van der Waals surface area (Å²) in [5.74, 6) is 3.52. The van der Waals surface area contributed by atoms with Gasteiger partial charge in [0, 0.05) is 17.7 Å². The first-order chi connectivity index (χ1) is 9.65. The Morgan fingerprint density at radius 2 is 2.35 bits per heavy atom. The molecule has 0 spiro atoms. The number of rotatable bonds is 7. The van der Waals surface area contributed by atoms with Crippen LogP contribution in [0.25, 0.3) is 0 Å². The largest absolute Gasteiger partial charge is 0.496 e. The molecule has 20 heavy (non-hydrogen) atoms. The summed E-state index contributed by atoms with van der Waals surface area (Å²) in [6.45, 7) is 2.65. The van der Waals surface area contributed by atoms with Gasteiger partial charge in [-0.3, -0.25) is 5.32 Å². The van der Waals surface area contributed by atoms with Crippen LogP contribution in [0, 0.1) is 12.3 Å². The lowest BCUT2D eigenvalue weighted by Crippen LogP contribution is -2.27. The topological polar surface area (TPSA) is 79.9 Å². The normalized spacial score (nSPS) is 12.8. The van der Waals surface area contributed by atoms with E-state index >= 15 is 0 Å². The molecule has 5 nitrogen and oxygen atoms in total. The molecule has 1 unspecified atom stereocenters. The molecule has 0 aliphatic rings. The summed E-state index contributed by atoms with van der Waals surface area (Å²) >= 11 is 0. The molecule has 4 N–H and O–H groups in total. The summed E-state index contributed by atoms with van der Waals surface area (Å²) in [5.41, 5.74) is 7.14. The Morgan fingerprint density at radius 3 is 2.90 bits per heavy atom. The molecular formula is C15H21N3O2. The minimum absolute atomic E-state index is 0.0252. The van der Waals surface area contributed by atoms with E-state index in [0.717, 1.165) is 24.2 Å². The van der Waals surface area contributed by atoms with Crippen LogP contribution < -0.4 is 15.8 Å². The van der Waals surface area contributed by atoms with E-state index in [1.54, 1.807) is 19.2 Å². The van der Waals surface area contributed by atoms with Gasteiger partial charge in [0.15, 0.2) is 5.84 Å². The maximum absolute atomic E-state index is 8.72. The average Bonchev–Trinajstić information content (AvgIpc) is 2.50. The van der Waals surface area contributed by atoms with Crippen molar-refractivity contribution in [1.82, 2.24) is 5.32 Å². The molecule has 0 saturated heterocycles. The molecule has 1 rings (SSSR count). The average molecular weight is 275 g/mol. The Bertz CT molecular complexity index is 506. The van der Waals surface area contributed by atoms with Crippen LogP contribution in [0.2, 0.25) is 0 Å². The van der Waals surface area contributed by atoms with Crippen LogP contribution in [-0.4, -0.2) is 24.2 Å². The zero-order valence-electron chi connectivity index (χ0n) is 11.9. The monoisotopic (exact) mass is 275 g/mol. The van der Waals surface area contributed by atoms with Crippen molar-refractivity contribution >= 4 is 5.84 Å². The first-order valence-electron chi connectivity index (χ1n) is 6.50. The SMILES string of the molecule is C#CC(CCC)NCc1cc(/C(N)=N/O)ccc1OC. The standard InChI is InChI=1S/C15H21N3O2/c1-4-6-13(5-2)17-10-12-9-11(15(16)18-19)7-8-14(12)20-3/h2,7-9,13,17,19H,4,6,10H2,1,3H3,(H2,16,18). The van der Waals surface area contributed by atoms with Crippen LogP contribution in [-0.2, 0) is 6.54 Å². The van der Waals surface area contributed by atoms with E-state index in [2.05, 4.69) is 23.3 Å². The highest BCUT2D eigenvalue weighted by molar-refractivity contribution is 5.97. The highest BCUT2D eigenvalue weighted by atomic mass is 16.5. The number of amidine groups is 1. The third-order valence-electron chi connectivity index (χ3n) is 3.00. The van der Waals surface area contributed by atoms with Crippen molar-refractivity contribution < 1.29 is 9.94 Å². The maximum Gasteiger partial charge on any atom is 0.170 e. The number of terminal acetylenes is 1. The van der Waals surface area contributed by atoms with Crippen LogP contribution in [0.3, 0.4) is 0 Å². The molecule has 0 amide bonds. The Morgan fingerprint density at radius 1 is 1.60 bits per heavy atom. The fourth-order valence-electron chi connectivity index (χ4n) is 1.90. The van der Waals surface area contributed by atoms with Crippen molar-refractivity contribution in [1.29, 1.82) is 0 Å². The van der Waals surface area contributed by atoms with Crippen LogP contribution in [0.4, 0.5) is 0 Å². The second-order valence-corrected chi connectivity index (χ2v) is 4.40. The molecule has 1 aromatic rings. The molecule has 0 saturated carbocycles. The Hall–Kier alpha value is -2.19. The highest BCUT2D eigenvalue weighted by Crippen LogP contribution is 2.20. The van der Waals surface area contributed by atoms with E-state index in [1.807, 2.05) is 6.07 Å². The van der Waals surface area contributed by atoms with Gasteiger partial charge in [-0.25, -0.2) is 0 Å². The molecule has 0 aromatic heterocycles. The van der Waals surface area contributed by atoms with Gasteiger partial charge in [-0.15, -0.1) is 6.42 Å². The van der Waals surface area contributed by atoms with Gasteiger partial charge in [0.1, 0.15) is 5.75 Å². The second-order valence-electron chi connectivity index (χ2n) is 4.40. The number of ether oxygens (including phenoxy) is 1. The van der Waals surface area contributed by atoms with Gasteiger partial charge >= 0.3 is 0 Å². The Labute approximate surface area is 119 Å². The number of benzene rings is 1. The van der Waals surface area contributed by atoms with E-state index in [4.69, 9.17) is 22.1 Å². The maximum atomic E-state index is 8.72. The van der Waals surface area contributed by atoms with Gasteiger partial charge in [0.25, 0.3) is 0 Å². The molecule has 108 valence electrons. The predicted molar refractivity (Wildman–Crippen MR) is 79.9 cm³/mol. The van der Waals surface area contributed by atoms with Crippen molar-refractivity contribution in [2.75, 3.05) is 7.11 Å². The van der Waals surface area contributed by atoms with E-state index in [1.165, 1.54) is 0 Å². The zero-order valence-corrected chi connectivity index (χ0v) is 11.9. The lowest BCUT2D eigenvalue weighted by atomic mass is 10.1. The second kappa shape index (κ2) is 8.08. The van der Waals surface area contributed by atoms with Crippen molar-refractivity contribution in [3.8, 4) is 18.1 Å². The highest BCUT2D eigenvalue weighted by Gasteiger charge is 2.09. The fraction of sp³-hybridized carbons (Fsp3) is 0.400. The van der Waals surface area contributed by atoms with Crippen molar-refractivity contribution in [2.24, 2.45) is 10.9 Å². The Kier molecular flexibility index (Phi) is 6.41. The molecule has 1 aromatic carbocycles. The van der Waals surface area contributed by atoms with E-state index in [0.29, 0.717) is 12.1 Å². The van der Waals surface area contributed by atoms with Gasteiger partial charge in [-0.05, 0) is 24.6 Å². The molecular weight excluding hydrogens is 254 g/mol. The zero-order chi connectivity index (χ0) is 15.0. The summed E-state index contributed by atoms with van der Waals surface area (Å²) in [7, 11) is 1.60. The number of methoxy groups -OCH3 is 1. The first-order valence-corrected chi connectivity index (χ1v) is 6.50. The summed E-state index contributed by atoms with van der Waals surface area (Å²) in [5, 5.41) is 15.0. The van der Waals surface area contributed by atoms with Crippen molar-refractivity contribution in [3.05, 3.63) is 29.3 Å². The van der Waals surface area contributed by atoms with Crippen LogP contribution in [0.1, 0.15) is 30.9 Å². The van der Waals surface area contributed by atoms with Crippen molar-refractivity contribution in [3.63, 3.8) is 0 Å². The third kappa shape index (κ3) is 4.18. The molecule has 0 radical (unpaired) electrons. The van der Waals surface area contributed by atoms with E-state index in [9.17, 15) is 0 Å². The van der Waals surface area contributed by atoms with Gasteiger partial charge in [0.05, 0.1) is 13.2 Å². The molecule has 0 fully saturated rings. The van der Waals surface area contributed by atoms with Crippen LogP contribution in [0.15, 0.2) is 23.4 Å². The number of hydrogen-bond acceptors (Lipinski definition) is 4. The van der Waals surface area contributed by atoms with Gasteiger partial charge in [0.2, 0.25) is 0 Å². The quantitative estimate of drug-likeness (QED) is 0.232. The fourth-order valence-corrected chi connectivity index (χ4v) is 1.90. The molecule has 0 aliphatic carbocycles. The summed E-state index contributed by atoms with van der Waals surface area (Å²) in [6, 6.07) is 5.37. The van der Waals surface area contributed by atoms with Gasteiger partial charge in [-0.1, -0.05) is 24.4 Å². The number of nitrogens with one attached hydrogen (secondary N) is 1. The molecule has 0 bridgehead atoms. The molecule has 0 aliphatic heterocycles. The minimum Gasteiger partial charge on any atom is -0.496 e. The Balaban J connectivity index is 2.89. The number of nitrogens with two attached hydrogens (primary N) is 1. The lowest BCUT2D eigenvalue weighted by Gasteiger charge is -2.15. The minimum atomic E-state index is 0.0252. The van der Waals surface area contributed by atoms with Crippen molar-refractivity contribution in [2.45, 2.75) is 32.4 Å².